The van der Waals surface area contributed by atoms with Crippen molar-refractivity contribution >= 4 is 39.0 Å². The molecule has 0 amide bonds. The number of fused-ring (bicyclic) bond motifs is 1. The summed E-state index contributed by atoms with van der Waals surface area (Å²) in [5.74, 6) is -2.53. The smallest absolute Gasteiger partial charge is 0.349 e. The van der Waals surface area contributed by atoms with Gasteiger partial charge in [0.05, 0.1) is 11.9 Å². The number of aliphatic carboxylic acids is 1. The molecule has 0 fully saturated rings. The van der Waals surface area contributed by atoms with E-state index in [0.717, 1.165) is 17.6 Å². The molecule has 0 bridgehead atoms. The fourth-order valence-electron chi connectivity index (χ4n) is 2.85. The van der Waals surface area contributed by atoms with Gasteiger partial charge in [-0.3, -0.25) is 4.72 Å². The molecule has 4 rings (SSSR count). The van der Waals surface area contributed by atoms with Crippen molar-refractivity contribution in [1.82, 2.24) is 0 Å². The number of thiophene rings is 1. The molecule has 2 aromatic rings. The third kappa shape index (κ3) is 5.62. The number of benzene rings is 2. The molecular weight excluding hydrogens is 442 g/mol. The van der Waals surface area contributed by atoms with Crippen LogP contribution < -0.4 is 9.46 Å². The lowest BCUT2D eigenvalue weighted by molar-refractivity contribution is -0.139. The molecule has 162 valence electrons. The molecule has 2 aliphatic carbocycles. The van der Waals surface area contributed by atoms with Crippen LogP contribution in [0.1, 0.15) is 15.2 Å². The second kappa shape index (κ2) is 8.78. The zero-order valence-electron chi connectivity index (χ0n) is 16.6. The lowest BCUT2D eigenvalue weighted by Gasteiger charge is -2.10. The van der Waals surface area contributed by atoms with Gasteiger partial charge in [-0.2, -0.15) is 0 Å². The molecule has 0 radical (unpaired) electrons. The molecule has 1 heterocycles. The maximum Gasteiger partial charge on any atom is 0.349 e. The van der Waals surface area contributed by atoms with Crippen molar-refractivity contribution in [3.05, 3.63) is 59.0 Å². The van der Waals surface area contributed by atoms with E-state index in [1.165, 1.54) is 11.1 Å². The highest BCUT2D eigenvalue weighted by Crippen LogP contribution is 2.43. The van der Waals surface area contributed by atoms with Crippen molar-refractivity contribution in [2.45, 2.75) is 6.92 Å². The summed E-state index contributed by atoms with van der Waals surface area (Å²) in [7, 11) is -3.53. The highest BCUT2D eigenvalue weighted by Gasteiger charge is 2.24. The third-order valence-corrected chi connectivity index (χ3v) is 6.09. The van der Waals surface area contributed by atoms with E-state index in [0.29, 0.717) is 16.0 Å². The average Bonchev–Trinajstić information content (AvgIpc) is 3.12. The van der Waals surface area contributed by atoms with E-state index in [-0.39, 0.29) is 16.3 Å². The summed E-state index contributed by atoms with van der Waals surface area (Å²) in [6.45, 7) is 0.910. The summed E-state index contributed by atoms with van der Waals surface area (Å²) in [5.41, 5.74) is 4.04. The minimum Gasteiger partial charge on any atom is -0.480 e. The minimum atomic E-state index is -3.53. The lowest BCUT2D eigenvalue weighted by atomic mass is 10.1. The van der Waals surface area contributed by atoms with Crippen LogP contribution in [0.25, 0.3) is 21.6 Å². The van der Waals surface area contributed by atoms with Crippen LogP contribution in [0.3, 0.4) is 0 Å². The summed E-state index contributed by atoms with van der Waals surface area (Å²) < 4.78 is 30.6. The maximum absolute atomic E-state index is 11.5. The number of carboxylic acid groups (broad SMARTS) is 2. The molecule has 0 saturated carbocycles. The number of sulfonamides is 1. The Morgan fingerprint density at radius 1 is 1.06 bits per heavy atom. The molecule has 0 saturated heterocycles. The molecule has 0 aliphatic heterocycles. The number of hydrogen-bond donors (Lipinski definition) is 3. The third-order valence-electron chi connectivity index (χ3n) is 4.21. The number of carbonyl (C=O) groups is 2. The zero-order valence-corrected chi connectivity index (χ0v) is 18.2. The summed E-state index contributed by atoms with van der Waals surface area (Å²) in [6.07, 6.45) is 1.01. The summed E-state index contributed by atoms with van der Waals surface area (Å²) in [5, 5.41) is 18.1. The molecule has 0 unspecified atom stereocenters. The number of hydrogen-bond acceptors (Lipinski definition) is 6. The van der Waals surface area contributed by atoms with E-state index in [9.17, 15) is 23.1 Å². The molecule has 8 nitrogen and oxygen atoms in total. The second-order valence-corrected chi connectivity index (χ2v) is 9.47. The van der Waals surface area contributed by atoms with Crippen LogP contribution in [-0.2, 0) is 14.8 Å². The highest BCUT2D eigenvalue weighted by atomic mass is 32.2. The monoisotopic (exact) mass is 461 g/mol. The van der Waals surface area contributed by atoms with Crippen LogP contribution in [0.2, 0.25) is 0 Å². The van der Waals surface area contributed by atoms with Crippen LogP contribution in [0.5, 0.6) is 5.75 Å². The normalized spacial score (nSPS) is 11.2. The summed E-state index contributed by atoms with van der Waals surface area (Å²) in [4.78, 5) is 22.5. The summed E-state index contributed by atoms with van der Waals surface area (Å²) >= 11 is 0.887. The molecular formula is C21H19NO7S2. The van der Waals surface area contributed by atoms with Gasteiger partial charge >= 0.3 is 11.9 Å². The number of rotatable bonds is 7. The first-order valence-electron chi connectivity index (χ1n) is 8.95. The van der Waals surface area contributed by atoms with Crippen molar-refractivity contribution in [2.75, 3.05) is 17.6 Å². The van der Waals surface area contributed by atoms with Crippen LogP contribution in [-0.4, -0.2) is 43.4 Å². The van der Waals surface area contributed by atoms with E-state index >= 15 is 0 Å². The van der Waals surface area contributed by atoms with E-state index in [1.807, 2.05) is 0 Å². The van der Waals surface area contributed by atoms with Gasteiger partial charge in [0.1, 0.15) is 5.75 Å². The maximum atomic E-state index is 11.5. The Bertz CT molecular complexity index is 1250. The van der Waals surface area contributed by atoms with Crippen molar-refractivity contribution in [2.24, 2.45) is 0 Å². The predicted octanol–water partition coefficient (Wildman–Crippen LogP) is 3.92. The van der Waals surface area contributed by atoms with E-state index in [1.54, 1.807) is 31.2 Å². The van der Waals surface area contributed by atoms with Gasteiger partial charge in [-0.05, 0) is 30.2 Å². The molecule has 2 aliphatic rings. The van der Waals surface area contributed by atoms with Gasteiger partial charge in [0.15, 0.2) is 11.5 Å². The van der Waals surface area contributed by atoms with Gasteiger partial charge in [0.2, 0.25) is 10.0 Å². The van der Waals surface area contributed by atoms with Crippen LogP contribution in [0.15, 0.2) is 48.5 Å². The molecule has 10 heteroatoms. The van der Waals surface area contributed by atoms with Crippen molar-refractivity contribution in [3.63, 3.8) is 0 Å². The quantitative estimate of drug-likeness (QED) is 0.380. The standard InChI is InChI=1S/C15H15NO7S2.C6H4/c1-8-12(23-7-11(17)18)14(15(19)20)24-13(8)9-5-3-4-6-10(9)16-25(2,21)22;1-2-5-4-6(5)3-1/h3-6,16H,7H2,1-2H3,(H,17,18)(H,19,20);1-4H. The SMILES string of the molecule is Cc1c(-c2ccccc2NS(C)(=O)=O)sc(C(=O)O)c1OCC(=O)O.c1cc2cc-2c1. The fourth-order valence-corrected chi connectivity index (χ4v) is 4.56. The van der Waals surface area contributed by atoms with Gasteiger partial charge in [-0.1, -0.05) is 36.4 Å². The van der Waals surface area contributed by atoms with Crippen LogP contribution in [0, 0.1) is 6.92 Å². The lowest BCUT2D eigenvalue weighted by Crippen LogP contribution is -2.11. The van der Waals surface area contributed by atoms with Gasteiger partial charge in [0, 0.05) is 16.0 Å². The van der Waals surface area contributed by atoms with Gasteiger partial charge in [-0.15, -0.1) is 11.3 Å². The van der Waals surface area contributed by atoms with E-state index < -0.39 is 28.6 Å². The Balaban J connectivity index is 0.000000381. The number of carboxylic acids is 2. The largest absolute Gasteiger partial charge is 0.480 e. The molecule has 3 N–H and O–H groups in total. The molecule has 31 heavy (non-hydrogen) atoms. The fraction of sp³-hybridized carbons (Fsp3) is 0.143. The van der Waals surface area contributed by atoms with E-state index in [2.05, 4.69) is 29.0 Å². The number of para-hydroxylation sites is 1. The molecule has 1 aromatic heterocycles. The van der Waals surface area contributed by atoms with Crippen LogP contribution in [0.4, 0.5) is 5.69 Å². The Hall–Kier alpha value is -3.37. The average molecular weight is 462 g/mol. The van der Waals surface area contributed by atoms with Crippen molar-refractivity contribution in [1.29, 1.82) is 0 Å². The summed E-state index contributed by atoms with van der Waals surface area (Å²) in [6, 6.07) is 15.0. The van der Waals surface area contributed by atoms with Gasteiger partial charge < -0.3 is 14.9 Å². The number of anilines is 1. The van der Waals surface area contributed by atoms with Gasteiger partial charge in [-0.25, -0.2) is 18.0 Å². The predicted molar refractivity (Wildman–Crippen MR) is 118 cm³/mol. The molecule has 0 spiro atoms. The highest BCUT2D eigenvalue weighted by molar-refractivity contribution is 7.92. The zero-order chi connectivity index (χ0) is 22.8. The number of aromatic carboxylic acids is 1. The van der Waals surface area contributed by atoms with Crippen LogP contribution >= 0.6 is 11.3 Å². The second-order valence-electron chi connectivity index (χ2n) is 6.70. The Kier molecular flexibility index (Phi) is 6.32. The Labute approximate surface area is 182 Å². The Morgan fingerprint density at radius 3 is 2.19 bits per heavy atom. The van der Waals surface area contributed by atoms with Crippen molar-refractivity contribution in [3.8, 4) is 27.3 Å². The number of ether oxygens (including phenoxy) is 1. The minimum absolute atomic E-state index is 0.0379. The molecule has 0 atom stereocenters. The topological polar surface area (TPSA) is 130 Å². The molecule has 1 aromatic carbocycles. The Morgan fingerprint density at radius 2 is 1.71 bits per heavy atom. The van der Waals surface area contributed by atoms with Gasteiger partial charge in [0.25, 0.3) is 0 Å². The van der Waals surface area contributed by atoms with Crippen molar-refractivity contribution < 1.29 is 33.0 Å². The number of nitrogens with one attached hydrogen (secondary N) is 1. The first-order chi connectivity index (χ1) is 14.6. The van der Waals surface area contributed by atoms with E-state index in [4.69, 9.17) is 9.84 Å². The first kappa shape index (κ1) is 22.3. The first-order valence-corrected chi connectivity index (χ1v) is 11.7.